The van der Waals surface area contributed by atoms with E-state index >= 15 is 0 Å². The minimum Gasteiger partial charge on any atom is -0.423 e. The molecule has 0 bridgehead atoms. The van der Waals surface area contributed by atoms with Crippen molar-refractivity contribution in [1.82, 2.24) is 0 Å². The summed E-state index contributed by atoms with van der Waals surface area (Å²) in [7, 11) is 0. The lowest BCUT2D eigenvalue weighted by Crippen LogP contribution is -2.12. The maximum absolute atomic E-state index is 12.2. The molecule has 1 saturated carbocycles. The first kappa shape index (κ1) is 15.8. The van der Waals surface area contributed by atoms with Crippen LogP contribution in [-0.2, 0) is 0 Å². The fourth-order valence-electron chi connectivity index (χ4n) is 3.40. The Hall–Kier alpha value is -2.09. The van der Waals surface area contributed by atoms with Crippen LogP contribution in [-0.4, -0.2) is 5.97 Å². The monoisotopic (exact) mass is 308 g/mol. The molecule has 1 aliphatic rings. The number of carbonyl (C=O) groups is 1. The molecule has 2 unspecified atom stereocenters. The van der Waals surface area contributed by atoms with Crippen molar-refractivity contribution in [1.29, 1.82) is 0 Å². The lowest BCUT2D eigenvalue weighted by atomic mass is 9.79. The zero-order chi connectivity index (χ0) is 16.2. The molecule has 0 radical (unpaired) electrons. The summed E-state index contributed by atoms with van der Waals surface area (Å²) < 4.78 is 5.42. The topological polar surface area (TPSA) is 26.3 Å². The summed E-state index contributed by atoms with van der Waals surface area (Å²) in [6.07, 6.45) is 5.17. The third kappa shape index (κ3) is 4.01. The third-order valence-electron chi connectivity index (χ3n) is 4.79. The van der Waals surface area contributed by atoms with Gasteiger partial charge in [-0.15, -0.1) is 0 Å². The van der Waals surface area contributed by atoms with Crippen LogP contribution in [0.15, 0.2) is 48.5 Å². The van der Waals surface area contributed by atoms with E-state index in [-0.39, 0.29) is 5.97 Å². The number of benzene rings is 2. The van der Waals surface area contributed by atoms with E-state index in [2.05, 4.69) is 19.1 Å². The molecule has 0 saturated heterocycles. The Morgan fingerprint density at radius 3 is 2.35 bits per heavy atom. The van der Waals surface area contributed by atoms with E-state index in [1.54, 1.807) is 0 Å². The summed E-state index contributed by atoms with van der Waals surface area (Å²) in [6, 6.07) is 15.5. The highest BCUT2D eigenvalue weighted by Crippen LogP contribution is 2.35. The molecule has 120 valence electrons. The Bertz CT molecular complexity index is 655. The van der Waals surface area contributed by atoms with Crippen LogP contribution >= 0.6 is 0 Å². The van der Waals surface area contributed by atoms with Gasteiger partial charge in [-0.25, -0.2) is 4.79 Å². The third-order valence-corrected chi connectivity index (χ3v) is 4.79. The van der Waals surface area contributed by atoms with Gasteiger partial charge < -0.3 is 4.74 Å². The van der Waals surface area contributed by atoms with Crippen LogP contribution in [0.5, 0.6) is 5.75 Å². The van der Waals surface area contributed by atoms with Crippen LogP contribution in [0.2, 0.25) is 0 Å². The fraction of sp³-hybridized carbons (Fsp3) is 0.381. The van der Waals surface area contributed by atoms with Crippen LogP contribution in [0.4, 0.5) is 0 Å². The predicted octanol–water partition coefficient (Wildman–Crippen LogP) is 5.51. The number of hydrogen-bond donors (Lipinski definition) is 0. The molecule has 2 nitrogen and oxygen atoms in total. The molecule has 0 amide bonds. The Balaban J connectivity index is 1.66. The first-order chi connectivity index (χ1) is 11.1. The zero-order valence-electron chi connectivity index (χ0n) is 13.9. The van der Waals surface area contributed by atoms with Gasteiger partial charge in [-0.1, -0.05) is 49.6 Å². The summed E-state index contributed by atoms with van der Waals surface area (Å²) in [5, 5.41) is 0. The Morgan fingerprint density at radius 1 is 1.00 bits per heavy atom. The van der Waals surface area contributed by atoms with E-state index in [0.29, 0.717) is 17.2 Å². The van der Waals surface area contributed by atoms with Crippen molar-refractivity contribution in [3.8, 4) is 5.75 Å². The van der Waals surface area contributed by atoms with Crippen molar-refractivity contribution < 1.29 is 9.53 Å². The van der Waals surface area contributed by atoms with Gasteiger partial charge in [0.15, 0.2) is 0 Å². The molecule has 23 heavy (non-hydrogen) atoms. The van der Waals surface area contributed by atoms with Gasteiger partial charge in [0, 0.05) is 0 Å². The molecule has 2 aromatic rings. The van der Waals surface area contributed by atoms with Gasteiger partial charge in [0.2, 0.25) is 0 Å². The van der Waals surface area contributed by atoms with Crippen molar-refractivity contribution in [2.45, 2.75) is 45.4 Å². The van der Waals surface area contributed by atoms with Gasteiger partial charge in [0.05, 0.1) is 5.56 Å². The molecular weight excluding hydrogens is 284 g/mol. The fourth-order valence-corrected chi connectivity index (χ4v) is 3.40. The van der Waals surface area contributed by atoms with Crippen molar-refractivity contribution in [2.24, 2.45) is 5.92 Å². The average Bonchev–Trinajstić information content (AvgIpc) is 2.57. The molecule has 2 heteroatoms. The lowest BCUT2D eigenvalue weighted by molar-refractivity contribution is 0.0734. The predicted molar refractivity (Wildman–Crippen MR) is 93.0 cm³/mol. The number of carbonyl (C=O) groups excluding carboxylic acids is 1. The minimum atomic E-state index is -0.294. The van der Waals surface area contributed by atoms with E-state index < -0.39 is 0 Å². The quantitative estimate of drug-likeness (QED) is 0.552. The van der Waals surface area contributed by atoms with Crippen molar-refractivity contribution in [2.75, 3.05) is 0 Å². The molecule has 2 aromatic carbocycles. The lowest BCUT2D eigenvalue weighted by Gasteiger charge is -2.27. The summed E-state index contributed by atoms with van der Waals surface area (Å²) in [5.74, 6) is 1.74. The van der Waals surface area contributed by atoms with Crippen LogP contribution in [0.1, 0.15) is 60.0 Å². The average molecular weight is 308 g/mol. The Kier molecular flexibility index (Phi) is 4.80. The highest BCUT2D eigenvalue weighted by Gasteiger charge is 2.20. The molecule has 0 heterocycles. The maximum Gasteiger partial charge on any atom is 0.343 e. The molecule has 0 aromatic heterocycles. The summed E-state index contributed by atoms with van der Waals surface area (Å²) in [5.41, 5.74) is 3.11. The molecular formula is C21H24O2. The molecule has 1 aliphatic carbocycles. The van der Waals surface area contributed by atoms with Gasteiger partial charge in [-0.3, -0.25) is 0 Å². The smallest absolute Gasteiger partial charge is 0.343 e. The van der Waals surface area contributed by atoms with E-state index in [1.165, 1.54) is 31.2 Å². The van der Waals surface area contributed by atoms with Crippen LogP contribution in [0.3, 0.4) is 0 Å². The van der Waals surface area contributed by atoms with Crippen LogP contribution < -0.4 is 4.74 Å². The number of ether oxygens (including phenoxy) is 1. The molecule has 2 atom stereocenters. The molecule has 3 rings (SSSR count). The molecule has 1 fully saturated rings. The summed E-state index contributed by atoms with van der Waals surface area (Å²) >= 11 is 0. The van der Waals surface area contributed by atoms with E-state index in [4.69, 9.17) is 4.74 Å². The highest BCUT2D eigenvalue weighted by atomic mass is 16.5. The van der Waals surface area contributed by atoms with Gasteiger partial charge in [0.1, 0.15) is 5.75 Å². The normalized spacial score (nSPS) is 21.0. The van der Waals surface area contributed by atoms with Crippen molar-refractivity contribution >= 4 is 5.97 Å². The summed E-state index contributed by atoms with van der Waals surface area (Å²) in [6.45, 7) is 4.34. The molecule has 0 spiro atoms. The standard InChI is InChI=1S/C21H24O2/c1-15-6-12-20(13-7-15)23-21(22)18-10-8-17(9-11-18)19-5-3-4-16(2)14-19/h6-13,16,19H,3-5,14H2,1-2H3. The van der Waals surface area contributed by atoms with E-state index in [0.717, 1.165) is 11.5 Å². The number of esters is 1. The molecule has 0 aliphatic heterocycles. The minimum absolute atomic E-state index is 0.294. The van der Waals surface area contributed by atoms with Crippen molar-refractivity contribution in [3.63, 3.8) is 0 Å². The second kappa shape index (κ2) is 6.99. The first-order valence-electron chi connectivity index (χ1n) is 8.50. The highest BCUT2D eigenvalue weighted by molar-refractivity contribution is 5.91. The van der Waals surface area contributed by atoms with Crippen LogP contribution in [0.25, 0.3) is 0 Å². The van der Waals surface area contributed by atoms with Gasteiger partial charge in [-0.05, 0) is 61.4 Å². The second-order valence-electron chi connectivity index (χ2n) is 6.79. The second-order valence-corrected chi connectivity index (χ2v) is 6.79. The zero-order valence-corrected chi connectivity index (χ0v) is 13.9. The summed E-state index contributed by atoms with van der Waals surface area (Å²) in [4.78, 5) is 12.2. The molecule has 0 N–H and O–H groups in total. The number of rotatable bonds is 3. The first-order valence-corrected chi connectivity index (χ1v) is 8.50. The van der Waals surface area contributed by atoms with Gasteiger partial charge in [-0.2, -0.15) is 0 Å². The number of aryl methyl sites for hydroxylation is 1. The van der Waals surface area contributed by atoms with Crippen LogP contribution in [0, 0.1) is 12.8 Å². The van der Waals surface area contributed by atoms with Gasteiger partial charge >= 0.3 is 5.97 Å². The van der Waals surface area contributed by atoms with E-state index in [9.17, 15) is 4.79 Å². The SMILES string of the molecule is Cc1ccc(OC(=O)c2ccc(C3CCCC(C)C3)cc2)cc1. The Morgan fingerprint density at radius 2 is 1.70 bits per heavy atom. The Labute approximate surface area is 138 Å². The van der Waals surface area contributed by atoms with Gasteiger partial charge in [0.25, 0.3) is 0 Å². The number of hydrogen-bond acceptors (Lipinski definition) is 2. The maximum atomic E-state index is 12.2. The van der Waals surface area contributed by atoms with E-state index in [1.807, 2.05) is 43.3 Å². The largest absolute Gasteiger partial charge is 0.423 e. The van der Waals surface area contributed by atoms with Crippen molar-refractivity contribution in [3.05, 3.63) is 65.2 Å².